The van der Waals surface area contributed by atoms with Gasteiger partial charge in [0.25, 0.3) is 0 Å². The molecular formula is C27H21OP. The largest absolute Gasteiger partial charge is 0.314 e. The average Bonchev–Trinajstić information content (AvgIpc) is 2.78. The van der Waals surface area contributed by atoms with Crippen LogP contribution in [0.5, 0.6) is 0 Å². The summed E-state index contributed by atoms with van der Waals surface area (Å²) in [5.74, 6) is 0. The molecule has 0 bridgehead atoms. The highest BCUT2D eigenvalue weighted by molar-refractivity contribution is 7.78. The van der Waals surface area contributed by atoms with Crippen molar-refractivity contribution in [1.29, 1.82) is 0 Å². The van der Waals surface area contributed by atoms with E-state index in [4.69, 9.17) is 0 Å². The number of benzene rings is 5. The molecule has 0 radical (unpaired) electrons. The van der Waals surface area contributed by atoms with Crippen LogP contribution in [-0.2, 0) is 4.57 Å². The third kappa shape index (κ3) is 2.99. The molecule has 140 valence electrons. The molecule has 29 heavy (non-hydrogen) atoms. The fraction of sp³-hybridized carbons (Fsp3) is 0.0370. The molecule has 0 saturated heterocycles. The van der Waals surface area contributed by atoms with Crippen LogP contribution in [0.1, 0.15) is 0 Å². The van der Waals surface area contributed by atoms with E-state index in [-0.39, 0.29) is 0 Å². The Kier molecular flexibility index (Phi) is 4.34. The molecule has 2 heteroatoms. The third-order valence-electron chi connectivity index (χ3n) is 5.67. The molecule has 5 rings (SSSR count). The second kappa shape index (κ2) is 7.03. The SMILES string of the molecule is CP(=O)(c1ccccc1)c1ccc2ccccc2c1-c1cccc2ccccc12. The second-order valence-corrected chi connectivity index (χ2v) is 10.3. The van der Waals surface area contributed by atoms with Crippen molar-refractivity contribution in [1.82, 2.24) is 0 Å². The molecule has 0 aliphatic heterocycles. The molecule has 0 spiro atoms. The molecule has 0 amide bonds. The predicted octanol–water partition coefficient (Wildman–Crippen LogP) is 6.60. The lowest BCUT2D eigenvalue weighted by Crippen LogP contribution is -2.17. The Bertz CT molecular complexity index is 1380. The zero-order valence-corrected chi connectivity index (χ0v) is 17.1. The summed E-state index contributed by atoms with van der Waals surface area (Å²) in [7, 11) is -2.78. The molecule has 0 aromatic heterocycles. The van der Waals surface area contributed by atoms with Gasteiger partial charge in [-0.25, -0.2) is 0 Å². The highest BCUT2D eigenvalue weighted by Gasteiger charge is 2.26. The second-order valence-electron chi connectivity index (χ2n) is 7.47. The molecule has 0 aliphatic carbocycles. The molecule has 0 N–H and O–H groups in total. The standard InChI is InChI=1S/C27H21OP/c1-29(28,22-13-3-2-4-14-22)26-19-18-21-11-6-8-16-24(21)27(26)25-17-9-12-20-10-5-7-15-23(20)25/h2-19H,1H3. The van der Waals surface area contributed by atoms with Gasteiger partial charge in [-0.3, -0.25) is 0 Å². The van der Waals surface area contributed by atoms with E-state index in [9.17, 15) is 4.57 Å². The van der Waals surface area contributed by atoms with Crippen molar-refractivity contribution in [2.24, 2.45) is 0 Å². The number of hydrogen-bond acceptors (Lipinski definition) is 1. The van der Waals surface area contributed by atoms with Crippen molar-refractivity contribution in [2.45, 2.75) is 0 Å². The Morgan fingerprint density at radius 1 is 0.552 bits per heavy atom. The van der Waals surface area contributed by atoms with Crippen LogP contribution in [0.25, 0.3) is 32.7 Å². The van der Waals surface area contributed by atoms with E-state index in [0.29, 0.717) is 0 Å². The molecule has 1 nitrogen and oxygen atoms in total. The van der Waals surface area contributed by atoms with Crippen LogP contribution in [0.4, 0.5) is 0 Å². The third-order valence-corrected chi connectivity index (χ3v) is 8.25. The molecule has 1 atom stereocenters. The van der Waals surface area contributed by atoms with Gasteiger partial charge in [0.2, 0.25) is 0 Å². The van der Waals surface area contributed by atoms with Crippen LogP contribution >= 0.6 is 7.14 Å². The molecule has 1 unspecified atom stereocenters. The van der Waals surface area contributed by atoms with Crippen LogP contribution in [0.2, 0.25) is 0 Å². The van der Waals surface area contributed by atoms with E-state index < -0.39 is 7.14 Å². The van der Waals surface area contributed by atoms with E-state index in [2.05, 4.69) is 78.9 Å². The van der Waals surface area contributed by atoms with Gasteiger partial charge in [0.1, 0.15) is 7.14 Å². The summed E-state index contributed by atoms with van der Waals surface area (Å²) in [5, 5.41) is 6.47. The summed E-state index contributed by atoms with van der Waals surface area (Å²) in [4.78, 5) is 0. The lowest BCUT2D eigenvalue weighted by Gasteiger charge is -2.21. The van der Waals surface area contributed by atoms with E-state index >= 15 is 0 Å². The Morgan fingerprint density at radius 3 is 1.90 bits per heavy atom. The van der Waals surface area contributed by atoms with Crippen molar-refractivity contribution in [2.75, 3.05) is 6.66 Å². The molecular weight excluding hydrogens is 371 g/mol. The van der Waals surface area contributed by atoms with E-state index in [1.54, 1.807) is 0 Å². The molecule has 0 saturated carbocycles. The first-order chi connectivity index (χ1) is 14.2. The van der Waals surface area contributed by atoms with Crippen LogP contribution in [-0.4, -0.2) is 6.66 Å². The first-order valence-corrected chi connectivity index (χ1v) is 12.0. The number of fused-ring (bicyclic) bond motifs is 2. The Labute approximate surface area is 171 Å². The lowest BCUT2D eigenvalue weighted by atomic mass is 9.94. The maximum atomic E-state index is 14.2. The first kappa shape index (κ1) is 17.9. The van der Waals surface area contributed by atoms with Crippen LogP contribution < -0.4 is 10.6 Å². The van der Waals surface area contributed by atoms with Gasteiger partial charge < -0.3 is 4.57 Å². The first-order valence-electron chi connectivity index (χ1n) is 9.80. The van der Waals surface area contributed by atoms with Gasteiger partial charge in [-0.15, -0.1) is 0 Å². The smallest absolute Gasteiger partial charge is 0.140 e. The topological polar surface area (TPSA) is 17.1 Å². The van der Waals surface area contributed by atoms with Crippen molar-refractivity contribution in [3.8, 4) is 11.1 Å². The fourth-order valence-corrected chi connectivity index (χ4v) is 6.24. The monoisotopic (exact) mass is 392 g/mol. The van der Waals surface area contributed by atoms with Crippen molar-refractivity contribution in [3.63, 3.8) is 0 Å². The molecule has 5 aromatic rings. The summed E-state index contributed by atoms with van der Waals surface area (Å²) in [6, 6.07) is 37.2. The summed E-state index contributed by atoms with van der Waals surface area (Å²) < 4.78 is 14.2. The van der Waals surface area contributed by atoms with E-state index in [0.717, 1.165) is 32.5 Å². The van der Waals surface area contributed by atoms with Crippen molar-refractivity contribution < 1.29 is 4.57 Å². The summed E-state index contributed by atoms with van der Waals surface area (Å²) in [6.45, 7) is 1.89. The van der Waals surface area contributed by atoms with Gasteiger partial charge in [-0.05, 0) is 39.8 Å². The Hall–Kier alpha value is -3.15. The Morgan fingerprint density at radius 2 is 1.14 bits per heavy atom. The summed E-state index contributed by atoms with van der Waals surface area (Å²) in [6.07, 6.45) is 0. The minimum atomic E-state index is -2.78. The zero-order chi connectivity index (χ0) is 19.8. The minimum Gasteiger partial charge on any atom is -0.314 e. The minimum absolute atomic E-state index is 0.886. The maximum Gasteiger partial charge on any atom is 0.140 e. The Balaban J connectivity index is 1.91. The normalized spacial score (nSPS) is 13.4. The zero-order valence-electron chi connectivity index (χ0n) is 16.2. The predicted molar refractivity (Wildman–Crippen MR) is 126 cm³/mol. The van der Waals surface area contributed by atoms with Crippen LogP contribution in [0, 0.1) is 0 Å². The quantitative estimate of drug-likeness (QED) is 0.316. The van der Waals surface area contributed by atoms with Gasteiger partial charge in [-0.1, -0.05) is 103 Å². The summed E-state index contributed by atoms with van der Waals surface area (Å²) >= 11 is 0. The molecule has 0 heterocycles. The average molecular weight is 392 g/mol. The summed E-state index contributed by atoms with van der Waals surface area (Å²) in [5.41, 5.74) is 2.21. The highest BCUT2D eigenvalue weighted by Crippen LogP contribution is 2.45. The van der Waals surface area contributed by atoms with Gasteiger partial charge >= 0.3 is 0 Å². The molecule has 0 fully saturated rings. The number of hydrogen-bond donors (Lipinski definition) is 0. The van der Waals surface area contributed by atoms with E-state index in [1.807, 2.05) is 37.0 Å². The van der Waals surface area contributed by atoms with Crippen LogP contribution in [0.15, 0.2) is 109 Å². The van der Waals surface area contributed by atoms with Gasteiger partial charge in [0.05, 0.1) is 0 Å². The maximum absolute atomic E-state index is 14.2. The van der Waals surface area contributed by atoms with Crippen LogP contribution in [0.3, 0.4) is 0 Å². The number of rotatable bonds is 3. The highest BCUT2D eigenvalue weighted by atomic mass is 31.2. The fourth-order valence-electron chi connectivity index (χ4n) is 4.19. The van der Waals surface area contributed by atoms with Gasteiger partial charge in [-0.2, -0.15) is 0 Å². The van der Waals surface area contributed by atoms with E-state index in [1.165, 1.54) is 10.8 Å². The molecule has 0 aliphatic rings. The molecule has 5 aromatic carbocycles. The van der Waals surface area contributed by atoms with Crippen molar-refractivity contribution in [3.05, 3.63) is 109 Å². The lowest BCUT2D eigenvalue weighted by molar-refractivity contribution is 0.590. The van der Waals surface area contributed by atoms with Gasteiger partial charge in [0, 0.05) is 16.2 Å². The van der Waals surface area contributed by atoms with Crippen molar-refractivity contribution >= 4 is 39.3 Å². The van der Waals surface area contributed by atoms with Gasteiger partial charge in [0.15, 0.2) is 0 Å².